The first kappa shape index (κ1) is 15.0. The summed E-state index contributed by atoms with van der Waals surface area (Å²) in [6, 6.07) is 3.60. The van der Waals surface area contributed by atoms with E-state index >= 15 is 0 Å². The van der Waals surface area contributed by atoms with Crippen LogP contribution in [0.3, 0.4) is 0 Å². The van der Waals surface area contributed by atoms with Crippen molar-refractivity contribution >= 4 is 5.91 Å². The van der Waals surface area contributed by atoms with Gasteiger partial charge in [-0.05, 0) is 26.0 Å². The fraction of sp³-hybridized carbons (Fsp3) is 0.643. The van der Waals surface area contributed by atoms with Gasteiger partial charge in [0.15, 0.2) is 0 Å². The minimum atomic E-state index is -0.509. The van der Waals surface area contributed by atoms with Gasteiger partial charge in [0.05, 0.1) is 31.6 Å². The van der Waals surface area contributed by atoms with Gasteiger partial charge in [-0.1, -0.05) is 0 Å². The summed E-state index contributed by atoms with van der Waals surface area (Å²) in [4.78, 5) is 11.8. The van der Waals surface area contributed by atoms with Crippen LogP contribution in [-0.4, -0.2) is 43.9 Å². The molecule has 6 heteroatoms. The van der Waals surface area contributed by atoms with Crippen LogP contribution in [0.5, 0.6) is 0 Å². The van der Waals surface area contributed by atoms with Gasteiger partial charge in [0.1, 0.15) is 11.9 Å². The molecule has 0 radical (unpaired) electrons. The monoisotopic (exact) mass is 282 g/mol. The van der Waals surface area contributed by atoms with Gasteiger partial charge in [0, 0.05) is 13.1 Å². The predicted molar refractivity (Wildman–Crippen MR) is 73.2 cm³/mol. The van der Waals surface area contributed by atoms with E-state index in [1.807, 2.05) is 13.0 Å². The third-order valence-corrected chi connectivity index (χ3v) is 3.15. The largest absolute Gasteiger partial charge is 0.467 e. The number of carbonyl (C=O) groups excluding carboxylic acids is 1. The molecule has 0 bridgehead atoms. The zero-order valence-corrected chi connectivity index (χ0v) is 11.9. The fourth-order valence-electron chi connectivity index (χ4n) is 2.03. The third-order valence-electron chi connectivity index (χ3n) is 3.15. The van der Waals surface area contributed by atoms with Crippen molar-refractivity contribution in [3.63, 3.8) is 0 Å². The van der Waals surface area contributed by atoms with Crippen LogP contribution in [0, 0.1) is 0 Å². The Morgan fingerprint density at radius 1 is 1.60 bits per heavy atom. The Morgan fingerprint density at radius 2 is 2.45 bits per heavy atom. The Kier molecular flexibility index (Phi) is 5.58. The molecule has 0 aliphatic carbocycles. The second-order valence-corrected chi connectivity index (χ2v) is 5.00. The zero-order chi connectivity index (χ0) is 14.4. The molecule has 1 aliphatic rings. The summed E-state index contributed by atoms with van der Waals surface area (Å²) in [6.07, 6.45) is 1.25. The standard InChI is InChI=1S/C14H22N2O4/c1-10-6-15-7-13(20-10)9-19-11(2)14(17)16-8-12-4-3-5-18-12/h3-5,10-11,13,15H,6-9H2,1-2H3,(H,16,17). The third kappa shape index (κ3) is 4.63. The van der Waals surface area contributed by atoms with Crippen LogP contribution >= 0.6 is 0 Å². The van der Waals surface area contributed by atoms with E-state index < -0.39 is 6.10 Å². The lowest BCUT2D eigenvalue weighted by Crippen LogP contribution is -2.46. The van der Waals surface area contributed by atoms with Gasteiger partial charge in [0.25, 0.3) is 0 Å². The van der Waals surface area contributed by atoms with Crippen LogP contribution in [0.4, 0.5) is 0 Å². The molecular formula is C14H22N2O4. The molecule has 1 amide bonds. The summed E-state index contributed by atoms with van der Waals surface area (Å²) in [5.74, 6) is 0.567. The molecule has 1 fully saturated rings. The van der Waals surface area contributed by atoms with Gasteiger partial charge >= 0.3 is 0 Å². The summed E-state index contributed by atoms with van der Waals surface area (Å²) >= 11 is 0. The highest BCUT2D eigenvalue weighted by Gasteiger charge is 2.21. The van der Waals surface area contributed by atoms with Crippen LogP contribution < -0.4 is 10.6 Å². The highest BCUT2D eigenvalue weighted by molar-refractivity contribution is 5.80. The molecule has 3 atom stereocenters. The number of morpholine rings is 1. The predicted octanol–water partition coefficient (Wildman–Crippen LogP) is 0.678. The summed E-state index contributed by atoms with van der Waals surface area (Å²) in [6.45, 7) is 6.14. The van der Waals surface area contributed by atoms with Crippen molar-refractivity contribution in [3.05, 3.63) is 24.2 Å². The molecule has 2 rings (SSSR count). The molecule has 6 nitrogen and oxygen atoms in total. The lowest BCUT2D eigenvalue weighted by atomic mass is 10.2. The molecule has 1 saturated heterocycles. The van der Waals surface area contributed by atoms with Gasteiger partial charge in [0.2, 0.25) is 5.91 Å². The Balaban J connectivity index is 1.65. The first-order valence-corrected chi connectivity index (χ1v) is 6.93. The lowest BCUT2D eigenvalue weighted by Gasteiger charge is -2.29. The maximum Gasteiger partial charge on any atom is 0.249 e. The van der Waals surface area contributed by atoms with Crippen molar-refractivity contribution in [1.29, 1.82) is 0 Å². The minimum Gasteiger partial charge on any atom is -0.467 e. The molecule has 112 valence electrons. The molecule has 0 saturated carbocycles. The topological polar surface area (TPSA) is 72.7 Å². The van der Waals surface area contributed by atoms with E-state index in [0.29, 0.717) is 13.2 Å². The fourth-order valence-corrected chi connectivity index (χ4v) is 2.03. The van der Waals surface area contributed by atoms with Crippen LogP contribution in [0.25, 0.3) is 0 Å². The highest BCUT2D eigenvalue weighted by atomic mass is 16.5. The normalized spacial score (nSPS) is 24.3. The van der Waals surface area contributed by atoms with E-state index in [-0.39, 0.29) is 18.1 Å². The van der Waals surface area contributed by atoms with Crippen LogP contribution in [0.2, 0.25) is 0 Å². The van der Waals surface area contributed by atoms with Crippen molar-refractivity contribution in [2.45, 2.75) is 38.7 Å². The second-order valence-electron chi connectivity index (χ2n) is 5.00. The molecule has 20 heavy (non-hydrogen) atoms. The van der Waals surface area contributed by atoms with E-state index in [4.69, 9.17) is 13.9 Å². The first-order chi connectivity index (χ1) is 9.65. The minimum absolute atomic E-state index is 0.000858. The number of nitrogens with one attached hydrogen (secondary N) is 2. The lowest BCUT2D eigenvalue weighted by molar-refractivity contribution is -0.137. The average molecular weight is 282 g/mol. The number of carbonyl (C=O) groups is 1. The van der Waals surface area contributed by atoms with E-state index in [9.17, 15) is 4.79 Å². The SMILES string of the molecule is CC1CNCC(COC(C)C(=O)NCc2ccco2)O1. The van der Waals surface area contributed by atoms with E-state index in [2.05, 4.69) is 10.6 Å². The van der Waals surface area contributed by atoms with Crippen molar-refractivity contribution in [3.8, 4) is 0 Å². The van der Waals surface area contributed by atoms with Gasteiger partial charge in [-0.15, -0.1) is 0 Å². The number of rotatable bonds is 6. The molecule has 1 aromatic rings. The zero-order valence-electron chi connectivity index (χ0n) is 11.9. The summed E-state index contributed by atoms with van der Waals surface area (Å²) in [5.41, 5.74) is 0. The second kappa shape index (κ2) is 7.42. The van der Waals surface area contributed by atoms with E-state index in [0.717, 1.165) is 18.8 Å². The number of furan rings is 1. The molecule has 1 aromatic heterocycles. The van der Waals surface area contributed by atoms with Crippen molar-refractivity contribution < 1.29 is 18.7 Å². The maximum absolute atomic E-state index is 11.8. The van der Waals surface area contributed by atoms with Gasteiger partial charge in [-0.25, -0.2) is 0 Å². The van der Waals surface area contributed by atoms with Crippen LogP contribution in [-0.2, 0) is 20.8 Å². The molecule has 2 heterocycles. The van der Waals surface area contributed by atoms with Crippen LogP contribution in [0.1, 0.15) is 19.6 Å². The van der Waals surface area contributed by atoms with Gasteiger partial charge in [-0.3, -0.25) is 4.79 Å². The Bertz CT molecular complexity index is 407. The van der Waals surface area contributed by atoms with Crippen LogP contribution in [0.15, 0.2) is 22.8 Å². The highest BCUT2D eigenvalue weighted by Crippen LogP contribution is 2.05. The van der Waals surface area contributed by atoms with E-state index in [1.54, 1.807) is 19.3 Å². The Labute approximate surface area is 118 Å². The molecule has 1 aliphatic heterocycles. The molecule has 0 aromatic carbocycles. The maximum atomic E-state index is 11.8. The Hall–Kier alpha value is -1.37. The van der Waals surface area contributed by atoms with E-state index in [1.165, 1.54) is 0 Å². The van der Waals surface area contributed by atoms with Gasteiger partial charge in [-0.2, -0.15) is 0 Å². The van der Waals surface area contributed by atoms with Crippen molar-refractivity contribution in [1.82, 2.24) is 10.6 Å². The molecular weight excluding hydrogens is 260 g/mol. The molecule has 3 unspecified atom stereocenters. The quantitative estimate of drug-likeness (QED) is 0.802. The number of hydrogen-bond donors (Lipinski definition) is 2. The number of hydrogen-bond acceptors (Lipinski definition) is 5. The average Bonchev–Trinajstić information content (AvgIpc) is 2.95. The summed E-state index contributed by atoms with van der Waals surface area (Å²) < 4.78 is 16.4. The molecule has 2 N–H and O–H groups in total. The van der Waals surface area contributed by atoms with Crippen molar-refractivity contribution in [2.75, 3.05) is 19.7 Å². The van der Waals surface area contributed by atoms with Crippen molar-refractivity contribution in [2.24, 2.45) is 0 Å². The molecule has 0 spiro atoms. The number of amides is 1. The summed E-state index contributed by atoms with van der Waals surface area (Å²) in [5, 5.41) is 6.03. The number of ether oxygens (including phenoxy) is 2. The van der Waals surface area contributed by atoms with Gasteiger partial charge < -0.3 is 24.5 Å². The smallest absolute Gasteiger partial charge is 0.249 e. The summed E-state index contributed by atoms with van der Waals surface area (Å²) in [7, 11) is 0. The Morgan fingerprint density at radius 3 is 3.15 bits per heavy atom. The first-order valence-electron chi connectivity index (χ1n) is 6.93.